The maximum atomic E-state index is 11.0. The largest absolute Gasteiger partial charge is 0.480 e. The minimum Gasteiger partial charge on any atom is -0.480 e. The first-order valence-electron chi connectivity index (χ1n) is 4.66. The maximum Gasteiger partial charge on any atom is 0.323 e. The Morgan fingerprint density at radius 2 is 1.80 bits per heavy atom. The molecule has 0 saturated carbocycles. The van der Waals surface area contributed by atoms with E-state index in [0.717, 1.165) is 0 Å². The van der Waals surface area contributed by atoms with Crippen molar-refractivity contribution >= 4 is 5.97 Å². The van der Waals surface area contributed by atoms with Gasteiger partial charge in [0, 0.05) is 0 Å². The zero-order chi connectivity index (χ0) is 11.4. The highest BCUT2D eigenvalue weighted by molar-refractivity contribution is 5.74. The van der Waals surface area contributed by atoms with Gasteiger partial charge in [-0.15, -0.1) is 0 Å². The number of carbonyl (C=O) groups is 1. The van der Waals surface area contributed by atoms with E-state index in [1.165, 1.54) is 4.90 Å². The fraction of sp³-hybridized carbons (Fsp3) is 0.364. The van der Waals surface area contributed by atoms with Gasteiger partial charge in [-0.2, -0.15) is 0 Å². The van der Waals surface area contributed by atoms with Crippen molar-refractivity contribution in [2.45, 2.75) is 12.1 Å². The van der Waals surface area contributed by atoms with Gasteiger partial charge in [0.15, 0.2) is 0 Å². The van der Waals surface area contributed by atoms with Gasteiger partial charge in [-0.25, -0.2) is 0 Å². The first-order valence-corrected chi connectivity index (χ1v) is 4.66. The van der Waals surface area contributed by atoms with E-state index < -0.39 is 18.1 Å². The second kappa shape index (κ2) is 4.91. The fourth-order valence-electron chi connectivity index (χ4n) is 1.47. The van der Waals surface area contributed by atoms with Gasteiger partial charge in [-0.1, -0.05) is 30.3 Å². The van der Waals surface area contributed by atoms with Crippen molar-refractivity contribution in [1.29, 1.82) is 0 Å². The maximum absolute atomic E-state index is 11.0. The fourth-order valence-corrected chi connectivity index (χ4v) is 1.47. The third-order valence-corrected chi connectivity index (χ3v) is 2.25. The molecule has 0 aliphatic rings. The number of benzene rings is 1. The molecule has 0 aliphatic carbocycles. The number of hydrogen-bond acceptors (Lipinski definition) is 3. The van der Waals surface area contributed by atoms with Gasteiger partial charge in [-0.05, 0) is 19.7 Å². The van der Waals surface area contributed by atoms with E-state index in [0.29, 0.717) is 5.56 Å². The summed E-state index contributed by atoms with van der Waals surface area (Å²) in [6, 6.07) is 7.86. The molecule has 2 N–H and O–H groups in total. The third-order valence-electron chi connectivity index (χ3n) is 2.25. The normalized spacial score (nSPS) is 14.9. The number of aliphatic carboxylic acids is 1. The second-order valence-corrected chi connectivity index (χ2v) is 3.60. The Kier molecular flexibility index (Phi) is 3.82. The molecule has 0 fully saturated rings. The van der Waals surface area contributed by atoms with Crippen molar-refractivity contribution in [1.82, 2.24) is 4.90 Å². The minimum atomic E-state index is -1.03. The number of aliphatic hydroxyl groups excluding tert-OH is 1. The van der Waals surface area contributed by atoms with Crippen LogP contribution in [0, 0.1) is 0 Å². The summed E-state index contributed by atoms with van der Waals surface area (Å²) in [7, 11) is 3.26. The SMILES string of the molecule is CN(C)C(C(=O)O)C(O)c1ccccc1. The predicted molar refractivity (Wildman–Crippen MR) is 56.5 cm³/mol. The molecule has 0 saturated heterocycles. The van der Waals surface area contributed by atoms with E-state index in [9.17, 15) is 9.90 Å². The van der Waals surface area contributed by atoms with Gasteiger partial charge in [0.1, 0.15) is 12.1 Å². The van der Waals surface area contributed by atoms with E-state index in [-0.39, 0.29) is 0 Å². The highest BCUT2D eigenvalue weighted by Gasteiger charge is 2.29. The number of carboxylic acid groups (broad SMARTS) is 1. The van der Waals surface area contributed by atoms with E-state index >= 15 is 0 Å². The third kappa shape index (κ3) is 2.78. The van der Waals surface area contributed by atoms with Crippen LogP contribution in [0.15, 0.2) is 30.3 Å². The molecular formula is C11H15NO3. The summed E-state index contributed by atoms with van der Waals surface area (Å²) in [5, 5.41) is 18.9. The molecule has 0 bridgehead atoms. The number of nitrogens with zero attached hydrogens (tertiary/aromatic N) is 1. The van der Waals surface area contributed by atoms with E-state index in [1.54, 1.807) is 38.4 Å². The molecule has 0 aliphatic heterocycles. The summed E-state index contributed by atoms with van der Waals surface area (Å²) < 4.78 is 0. The molecule has 1 rings (SSSR count). The van der Waals surface area contributed by atoms with E-state index in [1.807, 2.05) is 6.07 Å². The zero-order valence-electron chi connectivity index (χ0n) is 8.79. The van der Waals surface area contributed by atoms with Crippen molar-refractivity contribution in [3.05, 3.63) is 35.9 Å². The first-order chi connectivity index (χ1) is 7.04. The minimum absolute atomic E-state index is 0.610. The number of hydrogen-bond donors (Lipinski definition) is 2. The lowest BCUT2D eigenvalue weighted by Crippen LogP contribution is -2.40. The molecule has 1 aromatic carbocycles. The van der Waals surface area contributed by atoms with E-state index in [2.05, 4.69) is 0 Å². The Morgan fingerprint density at radius 1 is 1.27 bits per heavy atom. The predicted octanol–water partition coefficient (Wildman–Crippen LogP) is 0.735. The molecule has 4 heteroatoms. The van der Waals surface area contributed by atoms with Crippen molar-refractivity contribution in [3.63, 3.8) is 0 Å². The topological polar surface area (TPSA) is 60.8 Å². The Bertz CT molecular complexity index is 324. The lowest BCUT2D eigenvalue weighted by Gasteiger charge is -2.25. The van der Waals surface area contributed by atoms with Crippen LogP contribution in [0.5, 0.6) is 0 Å². The molecular weight excluding hydrogens is 194 g/mol. The molecule has 1 aromatic rings. The molecule has 0 radical (unpaired) electrons. The van der Waals surface area contributed by atoms with Crippen molar-refractivity contribution in [2.75, 3.05) is 14.1 Å². The van der Waals surface area contributed by atoms with E-state index in [4.69, 9.17) is 5.11 Å². The molecule has 0 heterocycles. The summed E-state index contributed by atoms with van der Waals surface area (Å²) >= 11 is 0. The average Bonchev–Trinajstić information content (AvgIpc) is 2.18. The second-order valence-electron chi connectivity index (χ2n) is 3.60. The summed E-state index contributed by atoms with van der Waals surface area (Å²) in [5.41, 5.74) is 0.610. The standard InChI is InChI=1S/C11H15NO3/c1-12(2)9(11(14)15)10(13)8-6-4-3-5-7-8/h3-7,9-10,13H,1-2H3,(H,14,15). The van der Waals surface area contributed by atoms with Crippen molar-refractivity contribution in [3.8, 4) is 0 Å². The van der Waals surface area contributed by atoms with Crippen LogP contribution in [0.4, 0.5) is 0 Å². The highest BCUT2D eigenvalue weighted by atomic mass is 16.4. The van der Waals surface area contributed by atoms with Crippen molar-refractivity contribution < 1.29 is 15.0 Å². The van der Waals surface area contributed by atoms with Gasteiger partial charge in [0.05, 0.1) is 0 Å². The molecule has 4 nitrogen and oxygen atoms in total. The van der Waals surface area contributed by atoms with Crippen LogP contribution in [0.3, 0.4) is 0 Å². The van der Waals surface area contributed by atoms with Crippen LogP contribution in [0.1, 0.15) is 11.7 Å². The van der Waals surface area contributed by atoms with Gasteiger partial charge in [0.25, 0.3) is 0 Å². The molecule has 2 atom stereocenters. The molecule has 0 spiro atoms. The lowest BCUT2D eigenvalue weighted by atomic mass is 10.0. The van der Waals surface area contributed by atoms with Gasteiger partial charge in [-0.3, -0.25) is 9.69 Å². The Balaban J connectivity index is 2.91. The number of rotatable bonds is 4. The molecule has 82 valence electrons. The Hall–Kier alpha value is -1.39. The molecule has 2 unspecified atom stereocenters. The van der Waals surface area contributed by atoms with Gasteiger partial charge in [0.2, 0.25) is 0 Å². The van der Waals surface area contributed by atoms with Crippen LogP contribution in [0.2, 0.25) is 0 Å². The molecule has 0 aromatic heterocycles. The average molecular weight is 209 g/mol. The van der Waals surface area contributed by atoms with Crippen LogP contribution < -0.4 is 0 Å². The Morgan fingerprint density at radius 3 is 2.20 bits per heavy atom. The number of carboxylic acids is 1. The number of aliphatic hydroxyl groups is 1. The van der Waals surface area contributed by atoms with Crippen LogP contribution in [-0.2, 0) is 4.79 Å². The molecule has 0 amide bonds. The monoisotopic (exact) mass is 209 g/mol. The van der Waals surface area contributed by atoms with Gasteiger partial charge < -0.3 is 10.2 Å². The van der Waals surface area contributed by atoms with Crippen LogP contribution in [-0.4, -0.2) is 41.2 Å². The Labute approximate surface area is 88.8 Å². The van der Waals surface area contributed by atoms with Crippen LogP contribution >= 0.6 is 0 Å². The zero-order valence-corrected chi connectivity index (χ0v) is 8.79. The highest BCUT2D eigenvalue weighted by Crippen LogP contribution is 2.19. The first kappa shape index (κ1) is 11.7. The number of likely N-dealkylation sites (N-methyl/N-ethyl adjacent to an activating group) is 1. The summed E-state index contributed by atoms with van der Waals surface area (Å²) in [6.45, 7) is 0. The van der Waals surface area contributed by atoms with Gasteiger partial charge >= 0.3 is 5.97 Å². The smallest absolute Gasteiger partial charge is 0.323 e. The van der Waals surface area contributed by atoms with Crippen molar-refractivity contribution in [2.24, 2.45) is 0 Å². The van der Waals surface area contributed by atoms with Crippen LogP contribution in [0.25, 0.3) is 0 Å². The summed E-state index contributed by atoms with van der Waals surface area (Å²) in [5.74, 6) is -1.03. The summed E-state index contributed by atoms with van der Waals surface area (Å²) in [4.78, 5) is 12.4. The molecule has 15 heavy (non-hydrogen) atoms. The lowest BCUT2D eigenvalue weighted by molar-refractivity contribution is -0.146. The summed E-state index contributed by atoms with van der Waals surface area (Å²) in [6.07, 6.45) is -1.02. The quantitative estimate of drug-likeness (QED) is 0.767.